The van der Waals surface area contributed by atoms with Crippen LogP contribution in [0.15, 0.2) is 52.9 Å². The number of pyridine rings is 1. The van der Waals surface area contributed by atoms with Crippen molar-refractivity contribution in [2.75, 3.05) is 5.32 Å². The lowest BCUT2D eigenvalue weighted by Crippen LogP contribution is -2.23. The lowest BCUT2D eigenvalue weighted by atomic mass is 10.4. The van der Waals surface area contributed by atoms with Gasteiger partial charge in [-0.2, -0.15) is 0 Å². The van der Waals surface area contributed by atoms with Crippen molar-refractivity contribution in [1.82, 2.24) is 19.7 Å². The van der Waals surface area contributed by atoms with Gasteiger partial charge in [0.15, 0.2) is 16.7 Å². The summed E-state index contributed by atoms with van der Waals surface area (Å²) in [5.74, 6) is 1.13. The van der Waals surface area contributed by atoms with Crippen LogP contribution in [0.3, 0.4) is 0 Å². The van der Waals surface area contributed by atoms with E-state index in [4.69, 9.17) is 27.6 Å². The summed E-state index contributed by atoms with van der Waals surface area (Å²) in [6.07, 6.45) is 4.70. The zero-order chi connectivity index (χ0) is 19.4. The Morgan fingerprint density at radius 1 is 1.48 bits per heavy atom. The van der Waals surface area contributed by atoms with E-state index in [2.05, 4.69) is 27.1 Å². The van der Waals surface area contributed by atoms with Crippen LogP contribution in [0.25, 0.3) is 11.6 Å². The molecule has 0 aromatic carbocycles. The quantitative estimate of drug-likeness (QED) is 0.443. The number of rotatable bonds is 7. The number of thioether (sulfide) groups is 1. The van der Waals surface area contributed by atoms with Gasteiger partial charge in [-0.3, -0.25) is 9.36 Å². The number of nitrogens with zero attached hydrogens (tertiary/aromatic N) is 4. The molecule has 1 amide bonds. The van der Waals surface area contributed by atoms with Crippen molar-refractivity contribution in [3.63, 3.8) is 0 Å². The number of aromatic nitrogens is 4. The number of allylic oxidation sites excluding steroid dienone is 1. The molecular weight excluding hydrogens is 409 g/mol. The second kappa shape index (κ2) is 8.60. The van der Waals surface area contributed by atoms with E-state index in [0.29, 0.717) is 28.3 Å². The number of hydrogen-bond donors (Lipinski definition) is 1. The molecule has 3 rings (SSSR count). The fourth-order valence-corrected chi connectivity index (χ4v) is 3.48. The molecule has 0 aliphatic heterocycles. The number of nitrogens with one attached hydrogen (secondary N) is 1. The molecule has 140 valence electrons. The monoisotopic (exact) mass is 423 g/mol. The van der Waals surface area contributed by atoms with Gasteiger partial charge in [0, 0.05) is 12.7 Å². The molecule has 3 heterocycles. The fraction of sp³-hybridized carbons (Fsp3) is 0.176. The Labute approximate surface area is 169 Å². The topological polar surface area (TPSA) is 85.8 Å². The standard InChI is InChI=1S/C17H15Cl2N5O2S/c1-3-6-24-15(13-5-4-7-26-13)22-23-17(24)27-10(2)16(25)21-14-12(19)8-11(18)9-20-14/h3-5,7-10H,1,6H2,2H3,(H,20,21,25). The third-order valence-corrected chi connectivity index (χ3v) is 5.05. The number of carbonyl (C=O) groups is 1. The van der Waals surface area contributed by atoms with Crippen LogP contribution in [-0.2, 0) is 11.3 Å². The molecule has 7 nitrogen and oxygen atoms in total. The minimum Gasteiger partial charge on any atom is -0.461 e. The van der Waals surface area contributed by atoms with Crippen molar-refractivity contribution in [3.8, 4) is 11.6 Å². The molecule has 1 N–H and O–H groups in total. The molecule has 0 bridgehead atoms. The van der Waals surface area contributed by atoms with E-state index in [-0.39, 0.29) is 16.7 Å². The Bertz CT molecular complexity index is 958. The number of carbonyl (C=O) groups excluding carboxylic acids is 1. The van der Waals surface area contributed by atoms with E-state index in [1.165, 1.54) is 24.0 Å². The van der Waals surface area contributed by atoms with Crippen molar-refractivity contribution in [3.05, 3.63) is 53.4 Å². The van der Waals surface area contributed by atoms with E-state index in [9.17, 15) is 4.79 Å². The normalized spacial score (nSPS) is 12.0. The Morgan fingerprint density at radius 3 is 2.96 bits per heavy atom. The summed E-state index contributed by atoms with van der Waals surface area (Å²) in [7, 11) is 0. The van der Waals surface area contributed by atoms with Crippen molar-refractivity contribution in [2.24, 2.45) is 0 Å². The molecular formula is C17H15Cl2N5O2S. The summed E-state index contributed by atoms with van der Waals surface area (Å²) in [4.78, 5) is 16.5. The predicted molar refractivity (Wildman–Crippen MR) is 106 cm³/mol. The smallest absolute Gasteiger partial charge is 0.238 e. The van der Waals surface area contributed by atoms with Crippen LogP contribution >= 0.6 is 35.0 Å². The van der Waals surface area contributed by atoms with E-state index in [1.54, 1.807) is 31.4 Å². The van der Waals surface area contributed by atoms with Crippen LogP contribution in [0, 0.1) is 0 Å². The molecule has 3 aromatic rings. The third-order valence-electron chi connectivity index (χ3n) is 3.47. The maximum Gasteiger partial charge on any atom is 0.238 e. The first-order valence-corrected chi connectivity index (χ1v) is 9.49. The first-order valence-electron chi connectivity index (χ1n) is 7.86. The highest BCUT2D eigenvalue weighted by atomic mass is 35.5. The molecule has 0 fully saturated rings. The van der Waals surface area contributed by atoms with Crippen LogP contribution in [-0.4, -0.2) is 30.9 Å². The van der Waals surface area contributed by atoms with Gasteiger partial charge in [-0.15, -0.1) is 16.8 Å². The highest BCUT2D eigenvalue weighted by Gasteiger charge is 2.22. The van der Waals surface area contributed by atoms with Crippen molar-refractivity contribution in [1.29, 1.82) is 0 Å². The van der Waals surface area contributed by atoms with Crippen LogP contribution in [0.1, 0.15) is 6.92 Å². The molecule has 27 heavy (non-hydrogen) atoms. The summed E-state index contributed by atoms with van der Waals surface area (Å²) in [5, 5.41) is 11.8. The van der Waals surface area contributed by atoms with Gasteiger partial charge in [0.2, 0.25) is 11.7 Å². The maximum atomic E-state index is 12.5. The number of halogens is 2. The summed E-state index contributed by atoms with van der Waals surface area (Å²) < 4.78 is 7.22. The molecule has 0 aliphatic rings. The van der Waals surface area contributed by atoms with E-state index < -0.39 is 5.25 Å². The number of hydrogen-bond acceptors (Lipinski definition) is 6. The Morgan fingerprint density at radius 2 is 2.30 bits per heavy atom. The summed E-state index contributed by atoms with van der Waals surface area (Å²) in [6.45, 7) is 5.99. The van der Waals surface area contributed by atoms with Gasteiger partial charge in [0.25, 0.3) is 0 Å². The van der Waals surface area contributed by atoms with Crippen molar-refractivity contribution < 1.29 is 9.21 Å². The second-order valence-electron chi connectivity index (χ2n) is 5.42. The Hall–Kier alpha value is -2.29. The lowest BCUT2D eigenvalue weighted by Gasteiger charge is -2.13. The van der Waals surface area contributed by atoms with Crippen LogP contribution in [0.2, 0.25) is 10.0 Å². The van der Waals surface area contributed by atoms with E-state index >= 15 is 0 Å². The second-order valence-corrected chi connectivity index (χ2v) is 7.57. The highest BCUT2D eigenvalue weighted by molar-refractivity contribution is 8.00. The number of anilines is 1. The fourth-order valence-electron chi connectivity index (χ4n) is 2.19. The molecule has 1 atom stereocenters. The van der Waals surface area contributed by atoms with E-state index in [1.807, 2.05) is 4.57 Å². The average Bonchev–Trinajstić information content (AvgIpc) is 3.28. The van der Waals surface area contributed by atoms with Gasteiger partial charge in [0.1, 0.15) is 0 Å². The van der Waals surface area contributed by atoms with E-state index in [0.717, 1.165) is 0 Å². The molecule has 0 saturated carbocycles. The van der Waals surface area contributed by atoms with Crippen LogP contribution < -0.4 is 5.32 Å². The van der Waals surface area contributed by atoms with Gasteiger partial charge in [0.05, 0.1) is 21.6 Å². The zero-order valence-electron chi connectivity index (χ0n) is 14.2. The summed E-state index contributed by atoms with van der Waals surface area (Å²) in [5.41, 5.74) is 0. The van der Waals surface area contributed by atoms with Crippen molar-refractivity contribution in [2.45, 2.75) is 23.9 Å². The van der Waals surface area contributed by atoms with Gasteiger partial charge in [-0.1, -0.05) is 41.0 Å². The molecule has 0 aliphatic carbocycles. The van der Waals surface area contributed by atoms with Gasteiger partial charge in [-0.05, 0) is 25.1 Å². The minimum atomic E-state index is -0.476. The SMILES string of the molecule is C=CCn1c(SC(C)C(=O)Nc2ncc(Cl)cc2Cl)nnc1-c1ccco1. The molecule has 0 saturated heterocycles. The van der Waals surface area contributed by atoms with Gasteiger partial charge < -0.3 is 9.73 Å². The zero-order valence-corrected chi connectivity index (χ0v) is 16.6. The average molecular weight is 424 g/mol. The molecule has 1 unspecified atom stereocenters. The van der Waals surface area contributed by atoms with Crippen LogP contribution in [0.4, 0.5) is 5.82 Å². The maximum absolute atomic E-state index is 12.5. The number of amides is 1. The molecule has 3 aromatic heterocycles. The summed E-state index contributed by atoms with van der Waals surface area (Å²) in [6, 6.07) is 5.08. The third kappa shape index (κ3) is 4.52. The molecule has 0 radical (unpaired) electrons. The lowest BCUT2D eigenvalue weighted by molar-refractivity contribution is -0.115. The van der Waals surface area contributed by atoms with Gasteiger partial charge in [-0.25, -0.2) is 4.98 Å². The molecule has 10 heteroatoms. The minimum absolute atomic E-state index is 0.252. The van der Waals surface area contributed by atoms with Crippen molar-refractivity contribution >= 4 is 46.7 Å². The number of furan rings is 1. The molecule has 0 spiro atoms. The highest BCUT2D eigenvalue weighted by Crippen LogP contribution is 2.28. The Kier molecular flexibility index (Phi) is 6.20. The first-order chi connectivity index (χ1) is 13.0. The van der Waals surface area contributed by atoms with Crippen LogP contribution in [0.5, 0.6) is 0 Å². The largest absolute Gasteiger partial charge is 0.461 e. The summed E-state index contributed by atoms with van der Waals surface area (Å²) >= 11 is 13.1. The first kappa shape index (κ1) is 19.5. The predicted octanol–water partition coefficient (Wildman–Crippen LogP) is 4.55. The van der Waals surface area contributed by atoms with Gasteiger partial charge >= 0.3 is 0 Å². The Balaban J connectivity index is 1.76.